The van der Waals surface area contributed by atoms with Crippen molar-refractivity contribution < 1.29 is 9.53 Å². The Labute approximate surface area is 109 Å². The fourth-order valence-electron chi connectivity index (χ4n) is 1.98. The first kappa shape index (κ1) is 12.4. The number of amides is 1. The molecule has 1 aromatic carbocycles. The highest BCUT2D eigenvalue weighted by Gasteiger charge is 2.26. The van der Waals surface area contributed by atoms with Gasteiger partial charge in [-0.3, -0.25) is 4.79 Å². The van der Waals surface area contributed by atoms with Crippen LogP contribution in [0.1, 0.15) is 12.8 Å². The van der Waals surface area contributed by atoms with E-state index in [4.69, 9.17) is 10.5 Å². The number of ether oxygens (including phenoxy) is 1. The molecule has 5 heteroatoms. The Morgan fingerprint density at radius 3 is 3.00 bits per heavy atom. The van der Waals surface area contributed by atoms with Crippen molar-refractivity contribution in [2.45, 2.75) is 18.9 Å². The molecule has 0 aliphatic carbocycles. The first-order chi connectivity index (χ1) is 8.13. The number of anilines is 1. The van der Waals surface area contributed by atoms with Gasteiger partial charge in [0.25, 0.3) is 0 Å². The Balaban J connectivity index is 2.30. The third kappa shape index (κ3) is 2.45. The largest absolute Gasteiger partial charge is 0.495 e. The summed E-state index contributed by atoms with van der Waals surface area (Å²) in [6.45, 7) is 0.720. The highest BCUT2D eigenvalue weighted by Crippen LogP contribution is 2.31. The van der Waals surface area contributed by atoms with Gasteiger partial charge in [-0.15, -0.1) is 0 Å². The molecule has 92 valence electrons. The van der Waals surface area contributed by atoms with Crippen LogP contribution >= 0.6 is 15.9 Å². The van der Waals surface area contributed by atoms with Gasteiger partial charge in [0.15, 0.2) is 0 Å². The molecule has 0 spiro atoms. The van der Waals surface area contributed by atoms with Gasteiger partial charge in [-0.2, -0.15) is 0 Å². The van der Waals surface area contributed by atoms with Gasteiger partial charge in [-0.1, -0.05) is 0 Å². The molecule has 2 N–H and O–H groups in total. The van der Waals surface area contributed by atoms with Crippen molar-refractivity contribution in [3.8, 4) is 5.75 Å². The zero-order chi connectivity index (χ0) is 12.4. The molecule has 2 rings (SSSR count). The van der Waals surface area contributed by atoms with E-state index in [1.54, 1.807) is 12.0 Å². The second kappa shape index (κ2) is 5.06. The van der Waals surface area contributed by atoms with Crippen LogP contribution in [0, 0.1) is 0 Å². The molecule has 1 atom stereocenters. The lowest BCUT2D eigenvalue weighted by Crippen LogP contribution is -2.48. The molecule has 0 aromatic heterocycles. The number of nitrogens with zero attached hydrogens (tertiary/aromatic N) is 1. The molecule has 4 nitrogen and oxygen atoms in total. The molecule has 0 bridgehead atoms. The summed E-state index contributed by atoms with van der Waals surface area (Å²) < 4.78 is 6.10. The average molecular weight is 299 g/mol. The monoisotopic (exact) mass is 298 g/mol. The molecule has 0 radical (unpaired) electrons. The number of benzene rings is 1. The van der Waals surface area contributed by atoms with Crippen LogP contribution in [0.15, 0.2) is 22.7 Å². The molecule has 17 heavy (non-hydrogen) atoms. The van der Waals surface area contributed by atoms with E-state index in [9.17, 15) is 4.79 Å². The molecule has 1 aliphatic rings. The van der Waals surface area contributed by atoms with Crippen LogP contribution in [0.2, 0.25) is 0 Å². The fraction of sp³-hybridized carbons (Fsp3) is 0.417. The predicted octanol–water partition coefficient (Wildman–Crippen LogP) is 1.91. The van der Waals surface area contributed by atoms with Gasteiger partial charge < -0.3 is 15.4 Å². The van der Waals surface area contributed by atoms with Crippen molar-refractivity contribution in [1.29, 1.82) is 0 Å². The number of hydrogen-bond acceptors (Lipinski definition) is 3. The van der Waals surface area contributed by atoms with Gasteiger partial charge in [-0.25, -0.2) is 0 Å². The maximum atomic E-state index is 12.0. The fourth-order valence-corrected chi connectivity index (χ4v) is 2.38. The Bertz CT molecular complexity index is 437. The van der Waals surface area contributed by atoms with Gasteiger partial charge in [0.05, 0.1) is 17.6 Å². The number of carbonyl (C=O) groups is 1. The van der Waals surface area contributed by atoms with Gasteiger partial charge in [0.1, 0.15) is 5.75 Å². The van der Waals surface area contributed by atoms with Gasteiger partial charge in [0.2, 0.25) is 5.91 Å². The van der Waals surface area contributed by atoms with Crippen molar-refractivity contribution in [3.05, 3.63) is 22.7 Å². The lowest BCUT2D eigenvalue weighted by Gasteiger charge is -2.30. The molecule has 0 saturated carbocycles. The lowest BCUT2D eigenvalue weighted by molar-refractivity contribution is -0.120. The maximum Gasteiger partial charge on any atom is 0.243 e. The van der Waals surface area contributed by atoms with E-state index in [0.717, 1.165) is 35.3 Å². The summed E-state index contributed by atoms with van der Waals surface area (Å²) in [5.74, 6) is 0.704. The van der Waals surface area contributed by atoms with Crippen LogP contribution in [-0.2, 0) is 4.79 Å². The number of rotatable bonds is 2. The Morgan fingerprint density at radius 1 is 1.53 bits per heavy atom. The SMILES string of the molecule is COc1cc(N2CCCC(N)C2=O)ccc1Br. The number of halogens is 1. The quantitative estimate of drug-likeness (QED) is 0.907. The minimum Gasteiger partial charge on any atom is -0.495 e. The summed E-state index contributed by atoms with van der Waals surface area (Å²) in [5.41, 5.74) is 6.61. The number of carbonyl (C=O) groups excluding carboxylic acids is 1. The Hall–Kier alpha value is -1.07. The molecule has 1 aromatic rings. The smallest absolute Gasteiger partial charge is 0.243 e. The number of hydrogen-bond donors (Lipinski definition) is 1. The average Bonchev–Trinajstić information content (AvgIpc) is 2.34. The zero-order valence-electron chi connectivity index (χ0n) is 9.65. The molecule has 1 fully saturated rings. The third-order valence-corrected chi connectivity index (χ3v) is 3.58. The van der Waals surface area contributed by atoms with E-state index in [-0.39, 0.29) is 11.9 Å². The topological polar surface area (TPSA) is 55.6 Å². The summed E-state index contributed by atoms with van der Waals surface area (Å²) in [6.07, 6.45) is 1.70. The molecule has 1 amide bonds. The third-order valence-electron chi connectivity index (χ3n) is 2.93. The van der Waals surface area contributed by atoms with Crippen molar-refractivity contribution >= 4 is 27.5 Å². The van der Waals surface area contributed by atoms with Crippen LogP contribution in [0.5, 0.6) is 5.75 Å². The highest BCUT2D eigenvalue weighted by atomic mass is 79.9. The van der Waals surface area contributed by atoms with Crippen LogP contribution < -0.4 is 15.4 Å². The lowest BCUT2D eigenvalue weighted by atomic mass is 10.0. The molecule has 1 saturated heterocycles. The van der Waals surface area contributed by atoms with E-state index in [0.29, 0.717) is 0 Å². The highest BCUT2D eigenvalue weighted by molar-refractivity contribution is 9.10. The Kier molecular flexibility index (Phi) is 3.69. The predicted molar refractivity (Wildman–Crippen MR) is 70.3 cm³/mol. The van der Waals surface area contributed by atoms with Gasteiger partial charge in [-0.05, 0) is 40.9 Å². The van der Waals surface area contributed by atoms with Crippen molar-refractivity contribution in [2.75, 3.05) is 18.6 Å². The maximum absolute atomic E-state index is 12.0. The summed E-state index contributed by atoms with van der Waals surface area (Å²) >= 11 is 3.39. The summed E-state index contributed by atoms with van der Waals surface area (Å²) in [5, 5.41) is 0. The van der Waals surface area contributed by atoms with Crippen LogP contribution in [0.3, 0.4) is 0 Å². The van der Waals surface area contributed by atoms with Crippen molar-refractivity contribution in [1.82, 2.24) is 0 Å². The number of nitrogens with two attached hydrogens (primary N) is 1. The normalized spacial score (nSPS) is 20.5. The molecule has 1 unspecified atom stereocenters. The standard InChI is InChI=1S/C12H15BrN2O2/c1-17-11-7-8(4-5-9(11)13)15-6-2-3-10(14)12(15)16/h4-5,7,10H,2-3,6,14H2,1H3. The van der Waals surface area contributed by atoms with Crippen LogP contribution in [0.25, 0.3) is 0 Å². The van der Waals surface area contributed by atoms with Crippen molar-refractivity contribution in [2.24, 2.45) is 5.73 Å². The van der Waals surface area contributed by atoms with Gasteiger partial charge in [0, 0.05) is 18.3 Å². The first-order valence-corrected chi connectivity index (χ1v) is 6.33. The van der Waals surface area contributed by atoms with E-state index in [2.05, 4.69) is 15.9 Å². The summed E-state index contributed by atoms with van der Waals surface area (Å²) in [4.78, 5) is 13.7. The zero-order valence-corrected chi connectivity index (χ0v) is 11.2. The minimum atomic E-state index is -0.376. The minimum absolute atomic E-state index is 0.0133. The summed E-state index contributed by atoms with van der Waals surface area (Å²) in [6, 6.07) is 5.24. The second-order valence-corrected chi connectivity index (χ2v) is 4.91. The first-order valence-electron chi connectivity index (χ1n) is 5.54. The molecule has 1 aliphatic heterocycles. The van der Waals surface area contributed by atoms with E-state index in [1.807, 2.05) is 18.2 Å². The molecule has 1 heterocycles. The van der Waals surface area contributed by atoms with E-state index >= 15 is 0 Å². The van der Waals surface area contributed by atoms with Crippen LogP contribution in [0.4, 0.5) is 5.69 Å². The molecular weight excluding hydrogens is 284 g/mol. The summed E-state index contributed by atoms with van der Waals surface area (Å²) in [7, 11) is 1.60. The van der Waals surface area contributed by atoms with Gasteiger partial charge >= 0.3 is 0 Å². The number of methoxy groups -OCH3 is 1. The van der Waals surface area contributed by atoms with E-state index < -0.39 is 0 Å². The number of piperidine rings is 1. The van der Waals surface area contributed by atoms with E-state index in [1.165, 1.54) is 0 Å². The van der Waals surface area contributed by atoms with Crippen LogP contribution in [-0.4, -0.2) is 25.6 Å². The second-order valence-electron chi connectivity index (χ2n) is 4.06. The Morgan fingerprint density at radius 2 is 2.29 bits per heavy atom. The molecular formula is C12H15BrN2O2. The van der Waals surface area contributed by atoms with Crippen molar-refractivity contribution in [3.63, 3.8) is 0 Å².